The maximum atomic E-state index is 13.1. The molecular formula is C38H42F4N14O4. The molecule has 0 aromatic carbocycles. The first-order valence-electron chi connectivity index (χ1n) is 19.7. The second-order valence-corrected chi connectivity index (χ2v) is 15.8. The second kappa shape index (κ2) is 14.8. The van der Waals surface area contributed by atoms with E-state index in [-0.39, 0.29) is 72.6 Å². The number of piperazine rings is 2. The highest BCUT2D eigenvalue weighted by Crippen LogP contribution is 2.41. The lowest BCUT2D eigenvalue weighted by Gasteiger charge is -2.46. The Bertz CT molecular complexity index is 2510. The molecule has 0 bridgehead atoms. The summed E-state index contributed by atoms with van der Waals surface area (Å²) >= 11 is 0. The number of aromatic nitrogens is 10. The predicted molar refractivity (Wildman–Crippen MR) is 206 cm³/mol. The lowest BCUT2D eigenvalue weighted by atomic mass is 9.86. The molecule has 4 fully saturated rings. The van der Waals surface area contributed by atoms with E-state index in [0.29, 0.717) is 85.9 Å². The van der Waals surface area contributed by atoms with Gasteiger partial charge in [0.25, 0.3) is 34.8 Å². The fourth-order valence-electron chi connectivity index (χ4n) is 8.42. The van der Waals surface area contributed by atoms with Crippen molar-refractivity contribution in [2.45, 2.75) is 63.5 Å². The molecule has 2 saturated carbocycles. The van der Waals surface area contributed by atoms with E-state index in [4.69, 9.17) is 0 Å². The molecule has 2 aliphatic heterocycles. The van der Waals surface area contributed by atoms with E-state index in [0.717, 1.165) is 0 Å². The number of alkyl halides is 4. The highest BCUT2D eigenvalue weighted by atomic mass is 19.3. The topological polar surface area (TPSA) is 183 Å². The molecule has 0 unspecified atom stereocenters. The molecule has 2 N–H and O–H groups in total. The van der Waals surface area contributed by atoms with Gasteiger partial charge in [-0.2, -0.15) is 10.2 Å². The largest absolute Gasteiger partial charge is 0.336 e. The number of hydrogen-bond acceptors (Lipinski definition) is 10. The average Bonchev–Trinajstić information content (AvgIpc) is 4.03. The van der Waals surface area contributed by atoms with Crippen LogP contribution in [0.5, 0.6) is 0 Å². The number of nitrogens with zero attached hydrogens (tertiary/aromatic N) is 12. The third kappa shape index (κ3) is 7.26. The zero-order chi connectivity index (χ0) is 42.1. The van der Waals surface area contributed by atoms with Gasteiger partial charge in [-0.1, -0.05) is 0 Å². The van der Waals surface area contributed by atoms with Crippen LogP contribution in [0.3, 0.4) is 0 Å². The third-order valence-corrected chi connectivity index (χ3v) is 12.0. The van der Waals surface area contributed by atoms with E-state index in [1.165, 1.54) is 30.8 Å². The summed E-state index contributed by atoms with van der Waals surface area (Å²) in [5, 5.41) is 17.2. The summed E-state index contributed by atoms with van der Waals surface area (Å²) < 4.78 is 58.3. The monoisotopic (exact) mass is 834 g/mol. The van der Waals surface area contributed by atoms with Gasteiger partial charge in [0.15, 0.2) is 0 Å². The summed E-state index contributed by atoms with van der Waals surface area (Å²) in [6.07, 6.45) is 5.89. The smallest absolute Gasteiger partial charge is 0.276 e. The highest BCUT2D eigenvalue weighted by Gasteiger charge is 2.49. The molecule has 4 aliphatic rings. The Morgan fingerprint density at radius 3 is 1.33 bits per heavy atom. The molecule has 60 heavy (non-hydrogen) atoms. The lowest BCUT2D eigenvalue weighted by molar-refractivity contribution is -0.129. The molecule has 18 nitrogen and oxygen atoms in total. The first kappa shape index (κ1) is 39.3. The summed E-state index contributed by atoms with van der Waals surface area (Å²) in [7, 11) is 0. The van der Waals surface area contributed by atoms with Crippen molar-refractivity contribution in [2.75, 3.05) is 52.4 Å². The van der Waals surface area contributed by atoms with Gasteiger partial charge in [0.05, 0.1) is 34.9 Å². The lowest BCUT2D eigenvalue weighted by Crippen LogP contribution is -2.57. The summed E-state index contributed by atoms with van der Waals surface area (Å²) in [6, 6.07) is 6.57. The summed E-state index contributed by atoms with van der Waals surface area (Å²) in [5.74, 6) is -4.97. The van der Waals surface area contributed by atoms with Crippen molar-refractivity contribution in [1.82, 2.24) is 68.4 Å². The predicted octanol–water partition coefficient (Wildman–Crippen LogP) is 2.14. The van der Waals surface area contributed by atoms with E-state index in [9.17, 15) is 36.7 Å². The molecule has 0 radical (unpaired) electrons. The van der Waals surface area contributed by atoms with Gasteiger partial charge in [-0.05, 0) is 38.1 Å². The van der Waals surface area contributed by atoms with Crippen LogP contribution in [-0.2, 0) is 0 Å². The summed E-state index contributed by atoms with van der Waals surface area (Å²) in [5.41, 5.74) is 2.22. The Morgan fingerprint density at radius 1 is 0.617 bits per heavy atom. The summed E-state index contributed by atoms with van der Waals surface area (Å²) in [6.45, 7) is 7.74. The number of hydrogen-bond donors (Lipinski definition) is 2. The molecule has 0 atom stereocenters. The molecular weight excluding hydrogens is 793 g/mol. The van der Waals surface area contributed by atoms with Gasteiger partial charge in [0.1, 0.15) is 11.0 Å². The third-order valence-electron chi connectivity index (χ3n) is 12.0. The van der Waals surface area contributed by atoms with Gasteiger partial charge in [-0.15, -0.1) is 10.2 Å². The quantitative estimate of drug-likeness (QED) is 0.236. The Labute approximate surface area is 337 Å². The van der Waals surface area contributed by atoms with E-state index in [1.54, 1.807) is 60.3 Å². The zero-order valence-corrected chi connectivity index (χ0v) is 32.8. The Kier molecular flexibility index (Phi) is 9.72. The Balaban J connectivity index is 0.000000154. The first-order chi connectivity index (χ1) is 28.6. The number of halogens is 4. The maximum absolute atomic E-state index is 13.1. The van der Waals surface area contributed by atoms with Crippen molar-refractivity contribution in [1.29, 1.82) is 0 Å². The van der Waals surface area contributed by atoms with E-state index >= 15 is 0 Å². The molecule has 2 saturated heterocycles. The molecule has 0 spiro atoms. The molecule has 6 aromatic rings. The van der Waals surface area contributed by atoms with Crippen LogP contribution in [0.1, 0.15) is 57.8 Å². The van der Waals surface area contributed by atoms with Crippen LogP contribution < -0.4 is 11.1 Å². The zero-order valence-electron chi connectivity index (χ0n) is 32.8. The number of nitrogens with one attached hydrogen (secondary N) is 2. The number of amides is 2. The SMILES string of the molecule is Cc1c(C(=O)N2CCN(C3CC(F)(F)C3)CC2)cnn1-c1nn2cccc2c(=O)[nH]1.Cc1c(C(=O)N2CCN(C3CC(F)(F)C3)CC2)cnn1-c1nn2cccc2c(=O)[nH]1. The van der Waals surface area contributed by atoms with Crippen LogP contribution in [0.25, 0.3) is 22.9 Å². The van der Waals surface area contributed by atoms with Crippen molar-refractivity contribution in [3.63, 3.8) is 0 Å². The fraction of sp³-hybridized carbons (Fsp3) is 0.474. The number of carbonyl (C=O) groups is 2. The minimum Gasteiger partial charge on any atom is -0.336 e. The van der Waals surface area contributed by atoms with Crippen molar-refractivity contribution < 1.29 is 27.2 Å². The molecule has 316 valence electrons. The Morgan fingerprint density at radius 2 is 0.983 bits per heavy atom. The molecule has 2 amide bonds. The molecule has 8 heterocycles. The van der Waals surface area contributed by atoms with Crippen LogP contribution in [0.15, 0.2) is 58.6 Å². The number of rotatable bonds is 6. The van der Waals surface area contributed by atoms with E-state index in [2.05, 4.69) is 30.4 Å². The van der Waals surface area contributed by atoms with Crippen LogP contribution >= 0.6 is 0 Å². The molecule has 6 aromatic heterocycles. The van der Waals surface area contributed by atoms with Crippen LogP contribution in [-0.4, -0.2) is 156 Å². The number of carbonyl (C=O) groups excluding carboxylic acids is 2. The standard InChI is InChI=1S/2C19H21F2N7O2/c2*1-12-14(11-22-28(12)18-23-16(29)15-3-2-4-27(15)24-18)17(30)26-7-5-25(6-8-26)13-9-19(20,21)10-13/h2*2-4,11,13H,5-10H2,1H3,(H,23,24,29). The average molecular weight is 835 g/mol. The fourth-order valence-corrected chi connectivity index (χ4v) is 8.42. The number of fused-ring (bicyclic) bond motifs is 2. The van der Waals surface area contributed by atoms with Gasteiger partial charge >= 0.3 is 0 Å². The number of aromatic amines is 2. The molecule has 2 aliphatic carbocycles. The van der Waals surface area contributed by atoms with Crippen molar-refractivity contribution in [2.24, 2.45) is 0 Å². The minimum atomic E-state index is -2.54. The van der Waals surface area contributed by atoms with Crippen LogP contribution in [0, 0.1) is 13.8 Å². The van der Waals surface area contributed by atoms with Gasteiger partial charge in [0, 0.05) is 103 Å². The van der Waals surface area contributed by atoms with E-state index < -0.39 is 11.8 Å². The van der Waals surface area contributed by atoms with Crippen LogP contribution in [0.4, 0.5) is 17.6 Å². The van der Waals surface area contributed by atoms with Crippen molar-refractivity contribution in [3.05, 3.63) is 92.3 Å². The first-order valence-corrected chi connectivity index (χ1v) is 19.7. The normalized spacial score (nSPS) is 19.9. The van der Waals surface area contributed by atoms with Crippen LogP contribution in [0.2, 0.25) is 0 Å². The van der Waals surface area contributed by atoms with Gasteiger partial charge < -0.3 is 9.80 Å². The Hall–Kier alpha value is -6.16. The number of H-pyrrole nitrogens is 2. The maximum Gasteiger partial charge on any atom is 0.276 e. The van der Waals surface area contributed by atoms with Gasteiger partial charge in [0.2, 0.25) is 11.9 Å². The van der Waals surface area contributed by atoms with Gasteiger partial charge in [-0.3, -0.25) is 38.9 Å². The minimum absolute atomic E-state index is 0.0896. The second-order valence-electron chi connectivity index (χ2n) is 15.8. The van der Waals surface area contributed by atoms with Crippen molar-refractivity contribution in [3.8, 4) is 11.9 Å². The van der Waals surface area contributed by atoms with Gasteiger partial charge in [-0.25, -0.2) is 36.0 Å². The van der Waals surface area contributed by atoms with E-state index in [1.807, 2.05) is 9.80 Å². The molecule has 10 rings (SSSR count). The summed E-state index contributed by atoms with van der Waals surface area (Å²) in [4.78, 5) is 63.3. The van der Waals surface area contributed by atoms with Crippen molar-refractivity contribution >= 4 is 22.8 Å². The highest BCUT2D eigenvalue weighted by molar-refractivity contribution is 5.95. The molecule has 22 heteroatoms.